The fraction of sp³-hybridized carbons (Fsp3) is 0.395. The molecule has 1 atom stereocenters. The number of carboxylic acids is 1. The van der Waals surface area contributed by atoms with Crippen molar-refractivity contribution in [2.45, 2.75) is 57.8 Å². The Kier molecular flexibility index (Phi) is 9.73. The van der Waals surface area contributed by atoms with Crippen molar-refractivity contribution in [1.29, 1.82) is 0 Å². The average molecular weight is 669 g/mol. The molecule has 1 N–H and O–H groups in total. The number of nitrogens with zero attached hydrogens (tertiary/aromatic N) is 4. The molecule has 2 aromatic carbocycles. The first-order valence-corrected chi connectivity index (χ1v) is 17.3. The van der Waals surface area contributed by atoms with Crippen LogP contribution >= 0.6 is 11.3 Å². The summed E-state index contributed by atoms with van der Waals surface area (Å²) in [7, 11) is 0. The van der Waals surface area contributed by atoms with Gasteiger partial charge in [0.2, 0.25) is 5.91 Å². The lowest BCUT2D eigenvalue weighted by Gasteiger charge is -2.38. The van der Waals surface area contributed by atoms with Crippen LogP contribution in [0.2, 0.25) is 0 Å². The second-order valence-corrected chi connectivity index (χ2v) is 15.1. The minimum atomic E-state index is -0.906. The maximum Gasteiger partial charge on any atom is 0.310 e. The number of halogens is 1. The number of piperidine rings is 1. The summed E-state index contributed by atoms with van der Waals surface area (Å²) in [6, 6.07) is 18.4. The van der Waals surface area contributed by atoms with E-state index in [1.54, 1.807) is 17.0 Å². The van der Waals surface area contributed by atoms with Crippen LogP contribution in [0.1, 0.15) is 71.6 Å². The van der Waals surface area contributed by atoms with E-state index in [1.165, 1.54) is 17.4 Å². The van der Waals surface area contributed by atoms with Crippen LogP contribution in [-0.2, 0) is 21.4 Å². The summed E-state index contributed by atoms with van der Waals surface area (Å²) in [4.78, 5) is 53.1. The van der Waals surface area contributed by atoms with Crippen molar-refractivity contribution in [2.75, 3.05) is 31.1 Å². The quantitative estimate of drug-likeness (QED) is 0.182. The second kappa shape index (κ2) is 14.0. The molecular weight excluding hydrogens is 628 g/mol. The number of aromatic nitrogens is 2. The number of benzene rings is 2. The van der Waals surface area contributed by atoms with Gasteiger partial charge in [0.1, 0.15) is 5.82 Å². The number of ketones is 1. The Morgan fingerprint density at radius 3 is 2.27 bits per heavy atom. The molecular formula is C38H41FN4O4S. The maximum atomic E-state index is 13.7. The molecule has 2 saturated heterocycles. The first-order chi connectivity index (χ1) is 22.9. The lowest BCUT2D eigenvalue weighted by molar-refractivity contribution is -0.154. The van der Waals surface area contributed by atoms with Gasteiger partial charge in [0.05, 0.1) is 28.9 Å². The van der Waals surface area contributed by atoms with Gasteiger partial charge in [0.15, 0.2) is 11.6 Å². The number of carbonyl (C=O) groups is 3. The van der Waals surface area contributed by atoms with Crippen LogP contribution in [0.15, 0.2) is 73.1 Å². The lowest BCUT2D eigenvalue weighted by atomic mass is 9.89. The summed E-state index contributed by atoms with van der Waals surface area (Å²) in [5.41, 5.74) is 3.68. The zero-order valence-corrected chi connectivity index (χ0v) is 28.4. The van der Waals surface area contributed by atoms with E-state index in [2.05, 4.69) is 35.6 Å². The summed E-state index contributed by atoms with van der Waals surface area (Å²) in [6.07, 6.45) is 5.97. The van der Waals surface area contributed by atoms with Crippen molar-refractivity contribution in [3.05, 3.63) is 99.8 Å². The number of carboxylic acid groups (broad SMARTS) is 1. The molecule has 2 aliphatic rings. The first kappa shape index (κ1) is 33.5. The smallest absolute Gasteiger partial charge is 0.310 e. The molecule has 1 unspecified atom stereocenters. The topological polar surface area (TPSA) is 104 Å². The highest BCUT2D eigenvalue weighted by Crippen LogP contribution is 2.33. The summed E-state index contributed by atoms with van der Waals surface area (Å²) in [5.74, 6) is -1.58. The number of likely N-dealkylation sites (tertiary alicyclic amines) is 1. The third-order valence-corrected chi connectivity index (χ3v) is 11.0. The number of amides is 1. The molecule has 2 aliphatic heterocycles. The van der Waals surface area contributed by atoms with Gasteiger partial charge in [-0.1, -0.05) is 57.2 Å². The van der Waals surface area contributed by atoms with E-state index < -0.39 is 17.8 Å². The molecule has 0 bridgehead atoms. The highest BCUT2D eigenvalue weighted by Gasteiger charge is 2.39. The van der Waals surface area contributed by atoms with E-state index >= 15 is 0 Å². The molecule has 250 valence electrons. The SMILES string of the molecule is CC(C)(C)c1ccc(C(=O)CC(Cc2ccc(-c3ncc(N4CCC(c5cccc(F)c5)CC4)cn3)cc2)C(=O)N2CC(C(=O)O)C2)s1. The van der Waals surface area contributed by atoms with Gasteiger partial charge in [-0.25, -0.2) is 14.4 Å². The molecule has 4 heterocycles. The molecule has 0 saturated carbocycles. The Labute approximate surface area is 284 Å². The normalized spacial score (nSPS) is 16.4. The van der Waals surface area contributed by atoms with E-state index in [0.29, 0.717) is 23.0 Å². The van der Waals surface area contributed by atoms with Crippen LogP contribution in [-0.4, -0.2) is 63.8 Å². The van der Waals surface area contributed by atoms with Crippen LogP contribution in [0.4, 0.5) is 10.1 Å². The lowest BCUT2D eigenvalue weighted by Crippen LogP contribution is -2.55. The molecule has 0 spiro atoms. The third kappa shape index (κ3) is 7.65. The van der Waals surface area contributed by atoms with Crippen LogP contribution < -0.4 is 4.90 Å². The van der Waals surface area contributed by atoms with Crippen molar-refractivity contribution in [3.63, 3.8) is 0 Å². The van der Waals surface area contributed by atoms with E-state index in [4.69, 9.17) is 0 Å². The van der Waals surface area contributed by atoms with Gasteiger partial charge in [0, 0.05) is 49.0 Å². The molecule has 48 heavy (non-hydrogen) atoms. The number of hydrogen-bond acceptors (Lipinski definition) is 7. The molecule has 10 heteroatoms. The Bertz CT molecular complexity index is 1770. The van der Waals surface area contributed by atoms with Gasteiger partial charge >= 0.3 is 5.97 Å². The monoisotopic (exact) mass is 668 g/mol. The van der Waals surface area contributed by atoms with Crippen molar-refractivity contribution in [1.82, 2.24) is 14.9 Å². The number of rotatable bonds is 10. The van der Waals surface area contributed by atoms with Crippen LogP contribution in [0.3, 0.4) is 0 Å². The largest absolute Gasteiger partial charge is 0.481 e. The van der Waals surface area contributed by atoms with Crippen LogP contribution in [0.25, 0.3) is 11.4 Å². The van der Waals surface area contributed by atoms with Gasteiger partial charge in [-0.05, 0) is 66.0 Å². The Hall–Kier alpha value is -4.44. The Morgan fingerprint density at radius 2 is 1.67 bits per heavy atom. The molecule has 2 fully saturated rings. The minimum Gasteiger partial charge on any atom is -0.481 e. The Balaban J connectivity index is 1.10. The Morgan fingerprint density at radius 1 is 0.979 bits per heavy atom. The van der Waals surface area contributed by atoms with Crippen molar-refractivity contribution in [3.8, 4) is 11.4 Å². The van der Waals surface area contributed by atoms with Crippen LogP contribution in [0, 0.1) is 17.7 Å². The molecule has 1 amide bonds. The number of thiophene rings is 1. The van der Waals surface area contributed by atoms with Gasteiger partial charge < -0.3 is 14.9 Å². The number of Topliss-reactive ketones (excluding diaryl/α,β-unsaturated/α-hetero) is 1. The number of hydrogen-bond donors (Lipinski definition) is 1. The van der Waals surface area contributed by atoms with Gasteiger partial charge in [-0.15, -0.1) is 11.3 Å². The summed E-state index contributed by atoms with van der Waals surface area (Å²) >= 11 is 1.47. The molecule has 4 aromatic rings. The zero-order chi connectivity index (χ0) is 34.0. The molecule has 0 aliphatic carbocycles. The maximum absolute atomic E-state index is 13.7. The number of anilines is 1. The van der Waals surface area contributed by atoms with Crippen LogP contribution in [0.5, 0.6) is 0 Å². The second-order valence-electron chi connectivity index (χ2n) is 14.0. The van der Waals surface area contributed by atoms with Gasteiger partial charge in [-0.3, -0.25) is 14.4 Å². The summed E-state index contributed by atoms with van der Waals surface area (Å²) in [6.45, 7) is 8.34. The third-order valence-electron chi connectivity index (χ3n) is 9.46. The fourth-order valence-electron chi connectivity index (χ4n) is 6.47. The summed E-state index contributed by atoms with van der Waals surface area (Å²) in [5, 5.41) is 9.31. The first-order valence-electron chi connectivity index (χ1n) is 16.5. The summed E-state index contributed by atoms with van der Waals surface area (Å²) < 4.78 is 13.7. The van der Waals surface area contributed by atoms with Crippen molar-refractivity contribution in [2.24, 2.45) is 11.8 Å². The highest BCUT2D eigenvalue weighted by molar-refractivity contribution is 7.14. The molecule has 0 radical (unpaired) electrons. The molecule has 6 rings (SSSR count). The fourth-order valence-corrected chi connectivity index (χ4v) is 7.49. The van der Waals surface area contributed by atoms with Gasteiger partial charge in [0.25, 0.3) is 0 Å². The average Bonchev–Trinajstić information content (AvgIpc) is 3.56. The predicted molar refractivity (Wildman–Crippen MR) is 185 cm³/mol. The van der Waals surface area contributed by atoms with E-state index in [1.807, 2.05) is 54.9 Å². The van der Waals surface area contributed by atoms with Crippen molar-refractivity contribution < 1.29 is 23.9 Å². The highest BCUT2D eigenvalue weighted by atomic mass is 32.1. The number of aliphatic carboxylic acids is 1. The van der Waals surface area contributed by atoms with E-state index in [9.17, 15) is 23.9 Å². The van der Waals surface area contributed by atoms with E-state index in [-0.39, 0.29) is 42.4 Å². The number of carbonyl (C=O) groups excluding carboxylic acids is 2. The predicted octanol–water partition coefficient (Wildman–Crippen LogP) is 7.00. The van der Waals surface area contributed by atoms with E-state index in [0.717, 1.165) is 53.2 Å². The molecule has 8 nitrogen and oxygen atoms in total. The zero-order valence-electron chi connectivity index (χ0n) is 27.6. The minimum absolute atomic E-state index is 0.0585. The van der Waals surface area contributed by atoms with Crippen molar-refractivity contribution >= 4 is 34.7 Å². The van der Waals surface area contributed by atoms with Gasteiger partial charge in [-0.2, -0.15) is 0 Å². The standard InChI is InChI=1S/C38H41FN4O4S/c1-38(2,3)34-12-11-33(48-34)32(44)19-28(36(45)43-22-29(23-43)37(46)47)17-24-7-9-26(10-8-24)35-40-20-31(21-41-35)42-15-13-25(14-16-42)27-5-4-6-30(39)18-27/h4-12,18,20-21,25,28-29H,13-17,19,22-23H2,1-3H3,(H,46,47). The molecule has 2 aromatic heterocycles.